The second kappa shape index (κ2) is 5.36. The molecule has 0 aromatic carbocycles. The summed E-state index contributed by atoms with van der Waals surface area (Å²) in [5.41, 5.74) is 5.18. The standard InChI is InChI=1S/C7H14N2O4/c1-2-3-9(7(12)13)4-5(8)6(10)11/h5H,2-4,8H2,1H3,(H,10,11)(H,12,13)/t5-/m0/s1. The second-order valence-corrected chi connectivity index (χ2v) is 2.67. The average Bonchev–Trinajstić information content (AvgIpc) is 2.03. The zero-order valence-corrected chi connectivity index (χ0v) is 7.43. The monoisotopic (exact) mass is 190 g/mol. The van der Waals surface area contributed by atoms with Crippen LogP contribution in [-0.4, -0.2) is 46.3 Å². The van der Waals surface area contributed by atoms with Gasteiger partial charge < -0.3 is 20.8 Å². The Balaban J connectivity index is 4.09. The number of nitrogens with two attached hydrogens (primary N) is 1. The molecule has 13 heavy (non-hydrogen) atoms. The summed E-state index contributed by atoms with van der Waals surface area (Å²) >= 11 is 0. The molecule has 0 unspecified atom stereocenters. The molecule has 0 aliphatic carbocycles. The molecule has 1 amide bonds. The van der Waals surface area contributed by atoms with Gasteiger partial charge in [0.2, 0.25) is 0 Å². The van der Waals surface area contributed by atoms with E-state index < -0.39 is 18.1 Å². The molecule has 1 atom stereocenters. The first-order chi connectivity index (χ1) is 5.99. The summed E-state index contributed by atoms with van der Waals surface area (Å²) in [6.07, 6.45) is -0.503. The Labute approximate surface area is 75.9 Å². The lowest BCUT2D eigenvalue weighted by Gasteiger charge is -2.20. The Bertz CT molecular complexity index is 195. The van der Waals surface area contributed by atoms with Crippen molar-refractivity contribution in [3.05, 3.63) is 0 Å². The van der Waals surface area contributed by atoms with Crippen molar-refractivity contribution in [3.8, 4) is 0 Å². The van der Waals surface area contributed by atoms with E-state index in [2.05, 4.69) is 0 Å². The number of amides is 1. The van der Waals surface area contributed by atoms with Crippen molar-refractivity contribution in [3.63, 3.8) is 0 Å². The third-order valence-electron chi connectivity index (χ3n) is 1.50. The first kappa shape index (κ1) is 11.7. The van der Waals surface area contributed by atoms with Crippen LogP contribution in [0.1, 0.15) is 13.3 Å². The molecular weight excluding hydrogens is 176 g/mol. The van der Waals surface area contributed by atoms with Gasteiger partial charge in [-0.05, 0) is 6.42 Å². The van der Waals surface area contributed by atoms with Crippen molar-refractivity contribution in [1.82, 2.24) is 4.90 Å². The Morgan fingerprint density at radius 3 is 2.31 bits per heavy atom. The van der Waals surface area contributed by atoms with E-state index in [1.807, 2.05) is 6.92 Å². The van der Waals surface area contributed by atoms with E-state index >= 15 is 0 Å². The molecule has 0 saturated carbocycles. The predicted molar refractivity (Wildman–Crippen MR) is 45.5 cm³/mol. The summed E-state index contributed by atoms with van der Waals surface area (Å²) < 4.78 is 0. The zero-order chi connectivity index (χ0) is 10.4. The van der Waals surface area contributed by atoms with Crippen molar-refractivity contribution in [2.75, 3.05) is 13.1 Å². The highest BCUT2D eigenvalue weighted by Crippen LogP contribution is 1.94. The molecule has 0 radical (unpaired) electrons. The summed E-state index contributed by atoms with van der Waals surface area (Å²) in [5.74, 6) is -1.19. The summed E-state index contributed by atoms with van der Waals surface area (Å²) in [7, 11) is 0. The SMILES string of the molecule is CCCN(C[C@H](N)C(=O)O)C(=O)O. The third kappa shape index (κ3) is 4.32. The zero-order valence-electron chi connectivity index (χ0n) is 7.43. The Hall–Kier alpha value is -1.30. The van der Waals surface area contributed by atoms with E-state index in [4.69, 9.17) is 15.9 Å². The molecule has 0 aliphatic rings. The number of carboxylic acids is 1. The molecule has 0 heterocycles. The molecule has 0 aromatic heterocycles. The fraction of sp³-hybridized carbons (Fsp3) is 0.714. The van der Waals surface area contributed by atoms with Crippen molar-refractivity contribution < 1.29 is 19.8 Å². The summed E-state index contributed by atoms with van der Waals surface area (Å²) in [5, 5.41) is 17.0. The number of aliphatic carboxylic acids is 1. The average molecular weight is 190 g/mol. The van der Waals surface area contributed by atoms with Crippen molar-refractivity contribution in [2.24, 2.45) is 5.73 Å². The van der Waals surface area contributed by atoms with E-state index in [1.54, 1.807) is 0 Å². The molecule has 76 valence electrons. The largest absolute Gasteiger partial charge is 0.480 e. The summed E-state index contributed by atoms with van der Waals surface area (Å²) in [6.45, 7) is 1.94. The maximum atomic E-state index is 10.5. The van der Waals surface area contributed by atoms with Crippen LogP contribution in [0.4, 0.5) is 4.79 Å². The van der Waals surface area contributed by atoms with Crippen LogP contribution < -0.4 is 5.73 Å². The van der Waals surface area contributed by atoms with Crippen LogP contribution in [0, 0.1) is 0 Å². The molecule has 6 nitrogen and oxygen atoms in total. The molecule has 0 rings (SSSR count). The van der Waals surface area contributed by atoms with Crippen LogP contribution >= 0.6 is 0 Å². The number of rotatable bonds is 5. The summed E-state index contributed by atoms with van der Waals surface area (Å²) in [4.78, 5) is 21.8. The molecule has 0 bridgehead atoms. The van der Waals surface area contributed by atoms with Crippen LogP contribution in [0.5, 0.6) is 0 Å². The van der Waals surface area contributed by atoms with Crippen molar-refractivity contribution >= 4 is 12.1 Å². The molecule has 0 spiro atoms. The minimum Gasteiger partial charge on any atom is -0.480 e. The second-order valence-electron chi connectivity index (χ2n) is 2.67. The van der Waals surface area contributed by atoms with Crippen molar-refractivity contribution in [2.45, 2.75) is 19.4 Å². The Morgan fingerprint density at radius 2 is 2.00 bits per heavy atom. The summed E-state index contributed by atoms with van der Waals surface area (Å²) in [6, 6.07) is -1.15. The lowest BCUT2D eigenvalue weighted by Crippen LogP contribution is -2.45. The fourth-order valence-corrected chi connectivity index (χ4v) is 0.850. The lowest BCUT2D eigenvalue weighted by molar-refractivity contribution is -0.138. The van der Waals surface area contributed by atoms with E-state index in [1.165, 1.54) is 0 Å². The van der Waals surface area contributed by atoms with Crippen LogP contribution in [0.2, 0.25) is 0 Å². The van der Waals surface area contributed by atoms with Crippen LogP contribution in [0.15, 0.2) is 0 Å². The number of hydrogen-bond acceptors (Lipinski definition) is 3. The van der Waals surface area contributed by atoms with Gasteiger partial charge in [0.1, 0.15) is 6.04 Å². The number of nitrogens with zero attached hydrogens (tertiary/aromatic N) is 1. The highest BCUT2D eigenvalue weighted by Gasteiger charge is 2.19. The number of hydrogen-bond donors (Lipinski definition) is 3. The third-order valence-corrected chi connectivity index (χ3v) is 1.50. The topological polar surface area (TPSA) is 104 Å². The van der Waals surface area contributed by atoms with Gasteiger partial charge in [-0.15, -0.1) is 0 Å². The normalized spacial score (nSPS) is 12.2. The highest BCUT2D eigenvalue weighted by molar-refractivity contribution is 5.74. The van der Waals surface area contributed by atoms with Gasteiger partial charge in [0.15, 0.2) is 0 Å². The van der Waals surface area contributed by atoms with Gasteiger partial charge in [-0.25, -0.2) is 4.79 Å². The Morgan fingerprint density at radius 1 is 1.46 bits per heavy atom. The highest BCUT2D eigenvalue weighted by atomic mass is 16.4. The molecule has 0 saturated heterocycles. The van der Waals surface area contributed by atoms with Crippen LogP contribution in [0.3, 0.4) is 0 Å². The maximum absolute atomic E-state index is 10.5. The molecule has 4 N–H and O–H groups in total. The first-order valence-corrected chi connectivity index (χ1v) is 3.95. The van der Waals surface area contributed by atoms with E-state index in [0.29, 0.717) is 13.0 Å². The van der Waals surface area contributed by atoms with Gasteiger partial charge in [-0.1, -0.05) is 6.92 Å². The molecule has 0 fully saturated rings. The van der Waals surface area contributed by atoms with E-state index in [0.717, 1.165) is 4.90 Å². The van der Waals surface area contributed by atoms with E-state index in [-0.39, 0.29) is 6.54 Å². The smallest absolute Gasteiger partial charge is 0.407 e. The molecular formula is C7H14N2O4. The van der Waals surface area contributed by atoms with Crippen LogP contribution in [-0.2, 0) is 4.79 Å². The van der Waals surface area contributed by atoms with Gasteiger partial charge in [-0.3, -0.25) is 4.79 Å². The van der Waals surface area contributed by atoms with Crippen LogP contribution in [0.25, 0.3) is 0 Å². The predicted octanol–water partition coefficient (Wildman–Crippen LogP) is -0.212. The lowest BCUT2D eigenvalue weighted by atomic mass is 10.3. The van der Waals surface area contributed by atoms with Gasteiger partial charge in [0.25, 0.3) is 0 Å². The molecule has 0 aromatic rings. The fourth-order valence-electron chi connectivity index (χ4n) is 0.850. The molecule has 0 aliphatic heterocycles. The van der Waals surface area contributed by atoms with Crippen molar-refractivity contribution in [1.29, 1.82) is 0 Å². The number of carbonyl (C=O) groups is 2. The minimum atomic E-state index is -1.19. The number of carboxylic acid groups (broad SMARTS) is 2. The van der Waals surface area contributed by atoms with E-state index in [9.17, 15) is 9.59 Å². The van der Waals surface area contributed by atoms with Gasteiger partial charge in [0, 0.05) is 13.1 Å². The minimum absolute atomic E-state index is 0.168. The van der Waals surface area contributed by atoms with Gasteiger partial charge in [0.05, 0.1) is 0 Å². The Kier molecular flexibility index (Phi) is 4.83. The molecule has 6 heteroatoms. The quantitative estimate of drug-likeness (QED) is 0.556. The first-order valence-electron chi connectivity index (χ1n) is 3.95. The maximum Gasteiger partial charge on any atom is 0.407 e. The van der Waals surface area contributed by atoms with Gasteiger partial charge in [-0.2, -0.15) is 0 Å². The van der Waals surface area contributed by atoms with Gasteiger partial charge >= 0.3 is 12.1 Å².